The molecule has 0 radical (unpaired) electrons. The number of benzene rings is 2. The lowest BCUT2D eigenvalue weighted by molar-refractivity contribution is 0.471. The number of phenolic OH excluding ortho intramolecular Hbond substituents is 1. The van der Waals surface area contributed by atoms with Crippen molar-refractivity contribution in [2.75, 3.05) is 0 Å². The normalized spacial score (nSPS) is 10.4. The molecule has 0 atom stereocenters. The van der Waals surface area contributed by atoms with Gasteiger partial charge < -0.3 is 5.11 Å². The van der Waals surface area contributed by atoms with E-state index in [1.54, 1.807) is 13.0 Å². The monoisotopic (exact) mass is 220 g/mol. The highest BCUT2D eigenvalue weighted by molar-refractivity contribution is 5.72. The lowest BCUT2D eigenvalue weighted by Gasteiger charge is -2.08. The second-order valence-electron chi connectivity index (χ2n) is 3.62. The van der Waals surface area contributed by atoms with Gasteiger partial charge in [0.1, 0.15) is 17.4 Å². The average molecular weight is 220 g/mol. The number of phenols is 1. The molecular weight excluding hydrogens is 210 g/mol. The van der Waals surface area contributed by atoms with Crippen molar-refractivity contribution in [2.24, 2.45) is 0 Å². The summed E-state index contributed by atoms with van der Waals surface area (Å²) in [6, 6.07) is 8.03. The molecule has 0 aliphatic carbocycles. The van der Waals surface area contributed by atoms with Gasteiger partial charge in [-0.3, -0.25) is 0 Å². The molecule has 0 aromatic heterocycles. The van der Waals surface area contributed by atoms with Crippen LogP contribution in [0.4, 0.5) is 8.78 Å². The first-order valence-corrected chi connectivity index (χ1v) is 4.83. The molecule has 1 N–H and O–H groups in total. The SMILES string of the molecule is Cc1cc(F)ccc1-c1ccc(F)cc1O. The van der Waals surface area contributed by atoms with Crippen molar-refractivity contribution in [1.82, 2.24) is 0 Å². The van der Waals surface area contributed by atoms with Crippen molar-refractivity contribution in [3.05, 3.63) is 53.6 Å². The van der Waals surface area contributed by atoms with E-state index in [9.17, 15) is 13.9 Å². The van der Waals surface area contributed by atoms with Crippen LogP contribution in [-0.2, 0) is 0 Å². The highest BCUT2D eigenvalue weighted by Crippen LogP contribution is 2.32. The predicted octanol–water partition coefficient (Wildman–Crippen LogP) is 3.65. The first-order chi connectivity index (χ1) is 7.58. The molecule has 0 unspecified atom stereocenters. The summed E-state index contributed by atoms with van der Waals surface area (Å²) in [6.07, 6.45) is 0. The van der Waals surface area contributed by atoms with Crippen molar-refractivity contribution in [3.63, 3.8) is 0 Å². The Hall–Kier alpha value is -1.90. The van der Waals surface area contributed by atoms with E-state index < -0.39 is 5.82 Å². The second-order valence-corrected chi connectivity index (χ2v) is 3.62. The Morgan fingerprint density at radius 3 is 2.00 bits per heavy atom. The zero-order valence-electron chi connectivity index (χ0n) is 8.67. The molecule has 0 amide bonds. The minimum absolute atomic E-state index is 0.144. The quantitative estimate of drug-likeness (QED) is 0.777. The minimum atomic E-state index is -0.499. The maximum atomic E-state index is 12.9. The van der Waals surface area contributed by atoms with Crippen LogP contribution in [0.2, 0.25) is 0 Å². The fourth-order valence-corrected chi connectivity index (χ4v) is 1.66. The van der Waals surface area contributed by atoms with E-state index in [4.69, 9.17) is 0 Å². The number of aryl methyl sites for hydroxylation is 1. The molecule has 0 saturated heterocycles. The van der Waals surface area contributed by atoms with Crippen LogP contribution in [0.5, 0.6) is 5.75 Å². The van der Waals surface area contributed by atoms with E-state index in [1.807, 2.05) is 0 Å². The van der Waals surface area contributed by atoms with Gasteiger partial charge >= 0.3 is 0 Å². The summed E-state index contributed by atoms with van der Waals surface area (Å²) in [6.45, 7) is 1.74. The van der Waals surface area contributed by atoms with Gasteiger partial charge in [0.05, 0.1) is 0 Å². The molecular formula is C13H10F2O. The fourth-order valence-electron chi connectivity index (χ4n) is 1.66. The molecule has 0 saturated carbocycles. The molecule has 0 aliphatic heterocycles. The third kappa shape index (κ3) is 1.89. The van der Waals surface area contributed by atoms with Gasteiger partial charge in [0, 0.05) is 11.6 Å². The summed E-state index contributed by atoms with van der Waals surface area (Å²) in [4.78, 5) is 0. The van der Waals surface area contributed by atoms with Gasteiger partial charge in [0.15, 0.2) is 0 Å². The number of aromatic hydroxyl groups is 1. The van der Waals surface area contributed by atoms with Crippen molar-refractivity contribution >= 4 is 0 Å². The summed E-state index contributed by atoms with van der Waals surface area (Å²) in [5, 5.41) is 9.60. The van der Waals surface area contributed by atoms with E-state index in [0.717, 1.165) is 6.07 Å². The number of hydrogen-bond acceptors (Lipinski definition) is 1. The van der Waals surface area contributed by atoms with Crippen molar-refractivity contribution in [3.8, 4) is 16.9 Å². The predicted molar refractivity (Wildman–Crippen MR) is 58.2 cm³/mol. The number of hydrogen-bond donors (Lipinski definition) is 1. The van der Waals surface area contributed by atoms with Crippen LogP contribution in [0, 0.1) is 18.6 Å². The highest BCUT2D eigenvalue weighted by atomic mass is 19.1. The smallest absolute Gasteiger partial charge is 0.126 e. The number of halogens is 2. The maximum absolute atomic E-state index is 12.9. The molecule has 1 nitrogen and oxygen atoms in total. The molecule has 0 heterocycles. The summed E-state index contributed by atoms with van der Waals surface area (Å²) < 4.78 is 25.7. The lowest BCUT2D eigenvalue weighted by Crippen LogP contribution is -1.86. The Morgan fingerprint density at radius 2 is 1.44 bits per heavy atom. The van der Waals surface area contributed by atoms with Gasteiger partial charge in [-0.25, -0.2) is 8.78 Å². The first kappa shape index (κ1) is 10.6. The van der Waals surface area contributed by atoms with Gasteiger partial charge in [0.2, 0.25) is 0 Å². The van der Waals surface area contributed by atoms with Crippen molar-refractivity contribution in [1.29, 1.82) is 0 Å². The maximum Gasteiger partial charge on any atom is 0.126 e. The topological polar surface area (TPSA) is 20.2 Å². The van der Waals surface area contributed by atoms with E-state index in [2.05, 4.69) is 0 Å². The van der Waals surface area contributed by atoms with Gasteiger partial charge in [-0.05, 0) is 42.3 Å². The van der Waals surface area contributed by atoms with Crippen LogP contribution in [0.1, 0.15) is 5.56 Å². The highest BCUT2D eigenvalue weighted by Gasteiger charge is 2.08. The summed E-state index contributed by atoms with van der Waals surface area (Å²) in [5.74, 6) is -0.974. The Kier molecular flexibility index (Phi) is 2.60. The molecule has 82 valence electrons. The molecule has 2 rings (SSSR count). The minimum Gasteiger partial charge on any atom is -0.507 e. The van der Waals surface area contributed by atoms with E-state index in [-0.39, 0.29) is 11.6 Å². The summed E-state index contributed by atoms with van der Waals surface area (Å²) in [5.41, 5.74) is 1.89. The zero-order chi connectivity index (χ0) is 11.7. The fraction of sp³-hybridized carbons (Fsp3) is 0.0769. The first-order valence-electron chi connectivity index (χ1n) is 4.83. The van der Waals surface area contributed by atoms with Crippen LogP contribution >= 0.6 is 0 Å². The standard InChI is InChI=1S/C13H10F2O/c1-8-6-9(14)2-4-11(8)12-5-3-10(15)7-13(12)16/h2-7,16H,1H3. The van der Waals surface area contributed by atoms with Crippen LogP contribution in [0.3, 0.4) is 0 Å². The van der Waals surface area contributed by atoms with Gasteiger partial charge in [-0.1, -0.05) is 6.07 Å². The third-order valence-electron chi connectivity index (χ3n) is 2.44. The second kappa shape index (κ2) is 3.93. The molecule has 2 aromatic rings. The van der Waals surface area contributed by atoms with E-state index in [0.29, 0.717) is 16.7 Å². The van der Waals surface area contributed by atoms with Crippen LogP contribution < -0.4 is 0 Å². The molecule has 16 heavy (non-hydrogen) atoms. The van der Waals surface area contributed by atoms with E-state index >= 15 is 0 Å². The summed E-state index contributed by atoms with van der Waals surface area (Å²) in [7, 11) is 0. The summed E-state index contributed by atoms with van der Waals surface area (Å²) >= 11 is 0. The third-order valence-corrected chi connectivity index (χ3v) is 2.44. The van der Waals surface area contributed by atoms with Gasteiger partial charge in [0.25, 0.3) is 0 Å². The molecule has 0 aliphatic rings. The Labute approximate surface area is 92.0 Å². The van der Waals surface area contributed by atoms with Crippen LogP contribution in [0.15, 0.2) is 36.4 Å². The van der Waals surface area contributed by atoms with Crippen molar-refractivity contribution < 1.29 is 13.9 Å². The lowest BCUT2D eigenvalue weighted by atomic mass is 10.00. The Morgan fingerprint density at radius 1 is 0.875 bits per heavy atom. The average Bonchev–Trinajstić information content (AvgIpc) is 2.19. The van der Waals surface area contributed by atoms with Crippen molar-refractivity contribution in [2.45, 2.75) is 6.92 Å². The Balaban J connectivity index is 2.59. The van der Waals surface area contributed by atoms with E-state index in [1.165, 1.54) is 24.3 Å². The number of rotatable bonds is 1. The molecule has 2 aromatic carbocycles. The molecule has 0 fully saturated rings. The molecule has 3 heteroatoms. The van der Waals surface area contributed by atoms with Gasteiger partial charge in [-0.15, -0.1) is 0 Å². The van der Waals surface area contributed by atoms with Gasteiger partial charge in [-0.2, -0.15) is 0 Å². The molecule has 0 bridgehead atoms. The largest absolute Gasteiger partial charge is 0.507 e. The van der Waals surface area contributed by atoms with Crippen LogP contribution in [-0.4, -0.2) is 5.11 Å². The zero-order valence-corrected chi connectivity index (χ0v) is 8.67. The van der Waals surface area contributed by atoms with Crippen LogP contribution in [0.25, 0.3) is 11.1 Å². The Bertz CT molecular complexity index is 486. The molecule has 0 spiro atoms.